The van der Waals surface area contributed by atoms with Crippen LogP contribution in [0.25, 0.3) is 0 Å². The van der Waals surface area contributed by atoms with E-state index in [1.807, 2.05) is 0 Å². The number of aliphatic imine (C=N–C) groups is 1. The maximum atomic E-state index is 12.7. The van der Waals surface area contributed by atoms with E-state index in [-0.39, 0.29) is 24.0 Å². The van der Waals surface area contributed by atoms with Crippen molar-refractivity contribution in [2.45, 2.75) is 53.0 Å². The molecule has 0 spiro atoms. The van der Waals surface area contributed by atoms with Crippen LogP contribution in [-0.2, 0) is 11.3 Å². The van der Waals surface area contributed by atoms with Crippen molar-refractivity contribution in [2.24, 2.45) is 4.99 Å². The number of nitrogens with one attached hydrogen (secondary N) is 1. The summed E-state index contributed by atoms with van der Waals surface area (Å²) in [5.41, 5.74) is 1.10. The number of halogens is 1. The lowest BCUT2D eigenvalue weighted by Crippen LogP contribution is -2.54. The van der Waals surface area contributed by atoms with E-state index in [1.54, 1.807) is 11.3 Å². The lowest BCUT2D eigenvalue weighted by atomic mass is 10.2. The minimum atomic E-state index is 0. The van der Waals surface area contributed by atoms with Gasteiger partial charge in [-0.3, -0.25) is 9.69 Å². The molecule has 0 unspecified atom stereocenters. The summed E-state index contributed by atoms with van der Waals surface area (Å²) in [6.07, 6.45) is 4.82. The molecule has 0 saturated carbocycles. The first-order valence-corrected chi connectivity index (χ1v) is 11.8. The predicted molar refractivity (Wildman–Crippen MR) is 135 cm³/mol. The van der Waals surface area contributed by atoms with Crippen LogP contribution < -0.4 is 5.32 Å². The van der Waals surface area contributed by atoms with Gasteiger partial charge in [0.15, 0.2) is 5.96 Å². The van der Waals surface area contributed by atoms with Gasteiger partial charge in [-0.15, -0.1) is 35.3 Å². The van der Waals surface area contributed by atoms with Gasteiger partial charge in [0.1, 0.15) is 5.01 Å². The van der Waals surface area contributed by atoms with E-state index in [9.17, 15) is 4.79 Å². The van der Waals surface area contributed by atoms with Crippen molar-refractivity contribution in [3.63, 3.8) is 0 Å². The largest absolute Gasteiger partial charge is 0.357 e. The molecule has 1 N–H and O–H groups in total. The molecule has 2 saturated heterocycles. The quantitative estimate of drug-likeness (QED) is 0.349. The van der Waals surface area contributed by atoms with Crippen LogP contribution in [0.15, 0.2) is 4.99 Å². The summed E-state index contributed by atoms with van der Waals surface area (Å²) in [5.74, 6) is 1.26. The fourth-order valence-electron chi connectivity index (χ4n) is 3.90. The number of rotatable bonds is 5. The van der Waals surface area contributed by atoms with E-state index in [1.165, 1.54) is 17.7 Å². The molecule has 30 heavy (non-hydrogen) atoms. The van der Waals surface area contributed by atoms with Crippen molar-refractivity contribution < 1.29 is 4.79 Å². The highest BCUT2D eigenvalue weighted by Crippen LogP contribution is 2.17. The van der Waals surface area contributed by atoms with Gasteiger partial charge in [0, 0.05) is 50.7 Å². The molecule has 0 aliphatic carbocycles. The first-order chi connectivity index (χ1) is 14.1. The number of piperazine rings is 1. The van der Waals surface area contributed by atoms with Crippen molar-refractivity contribution in [3.05, 3.63) is 15.6 Å². The minimum Gasteiger partial charge on any atom is -0.357 e. The highest BCUT2D eigenvalue weighted by molar-refractivity contribution is 14.0. The highest BCUT2D eigenvalue weighted by atomic mass is 127. The average molecular weight is 549 g/mol. The molecule has 1 aromatic rings. The van der Waals surface area contributed by atoms with Gasteiger partial charge in [0.25, 0.3) is 0 Å². The molecular formula is C21H37IN6OS. The maximum absolute atomic E-state index is 12.7. The van der Waals surface area contributed by atoms with Crippen LogP contribution in [0, 0.1) is 13.8 Å². The standard InChI is InChI=1S/C21H36N6OS.HI/c1-4-22-21(23-15-19-24-17(2)18(3)29-19)27-13-11-25(12-14-27)16-20(28)26-9-7-5-6-8-10-26;/h4-16H2,1-3H3,(H,22,23);1H. The molecule has 0 radical (unpaired) electrons. The fourth-order valence-corrected chi connectivity index (χ4v) is 4.76. The number of thiazole rings is 1. The number of hydrogen-bond acceptors (Lipinski definition) is 5. The number of guanidine groups is 1. The Morgan fingerprint density at radius 3 is 2.27 bits per heavy atom. The van der Waals surface area contributed by atoms with Crippen LogP contribution >= 0.6 is 35.3 Å². The third kappa shape index (κ3) is 7.33. The first-order valence-electron chi connectivity index (χ1n) is 11.0. The molecule has 1 amide bonds. The Morgan fingerprint density at radius 1 is 1.03 bits per heavy atom. The fraction of sp³-hybridized carbons (Fsp3) is 0.762. The van der Waals surface area contributed by atoms with Crippen molar-refractivity contribution in [2.75, 3.05) is 52.4 Å². The zero-order valence-electron chi connectivity index (χ0n) is 18.7. The summed E-state index contributed by atoms with van der Waals surface area (Å²) in [4.78, 5) is 30.0. The third-order valence-corrected chi connectivity index (χ3v) is 6.82. The Morgan fingerprint density at radius 2 is 1.70 bits per heavy atom. The number of amides is 1. The second-order valence-electron chi connectivity index (χ2n) is 7.98. The average Bonchev–Trinajstić information content (AvgIpc) is 2.91. The van der Waals surface area contributed by atoms with E-state index in [0.717, 1.165) is 75.3 Å². The Kier molecular flexibility index (Phi) is 10.8. The molecule has 3 rings (SSSR count). The molecule has 9 heteroatoms. The van der Waals surface area contributed by atoms with Crippen LogP contribution in [0.4, 0.5) is 0 Å². The summed E-state index contributed by atoms with van der Waals surface area (Å²) in [6.45, 7) is 13.8. The van der Waals surface area contributed by atoms with E-state index in [2.05, 4.69) is 45.8 Å². The zero-order valence-corrected chi connectivity index (χ0v) is 21.8. The molecule has 7 nitrogen and oxygen atoms in total. The summed E-state index contributed by atoms with van der Waals surface area (Å²) in [6, 6.07) is 0. The number of hydrogen-bond donors (Lipinski definition) is 1. The first kappa shape index (κ1) is 25.3. The van der Waals surface area contributed by atoms with Crippen molar-refractivity contribution in [1.82, 2.24) is 25.0 Å². The summed E-state index contributed by atoms with van der Waals surface area (Å²) in [7, 11) is 0. The van der Waals surface area contributed by atoms with Crippen LogP contribution in [0.2, 0.25) is 0 Å². The van der Waals surface area contributed by atoms with Gasteiger partial charge in [-0.2, -0.15) is 0 Å². The Labute approximate surface area is 202 Å². The van der Waals surface area contributed by atoms with Gasteiger partial charge < -0.3 is 15.1 Å². The van der Waals surface area contributed by atoms with Crippen LogP contribution in [0.1, 0.15) is 48.2 Å². The number of nitrogens with zero attached hydrogens (tertiary/aromatic N) is 5. The number of aromatic nitrogens is 1. The molecule has 0 aromatic carbocycles. The second-order valence-corrected chi connectivity index (χ2v) is 9.27. The van der Waals surface area contributed by atoms with Gasteiger partial charge in [-0.1, -0.05) is 12.8 Å². The van der Waals surface area contributed by atoms with Gasteiger partial charge in [-0.25, -0.2) is 9.98 Å². The van der Waals surface area contributed by atoms with Gasteiger partial charge in [0.2, 0.25) is 5.91 Å². The van der Waals surface area contributed by atoms with Crippen molar-refractivity contribution in [3.8, 4) is 0 Å². The SMILES string of the molecule is CCNC(=NCc1nc(C)c(C)s1)N1CCN(CC(=O)N2CCCCCC2)CC1.I. The van der Waals surface area contributed by atoms with E-state index in [4.69, 9.17) is 4.99 Å². The van der Waals surface area contributed by atoms with Gasteiger partial charge >= 0.3 is 0 Å². The van der Waals surface area contributed by atoms with E-state index >= 15 is 0 Å². The van der Waals surface area contributed by atoms with Crippen LogP contribution in [0.5, 0.6) is 0 Å². The van der Waals surface area contributed by atoms with Crippen LogP contribution in [0.3, 0.4) is 0 Å². The number of likely N-dealkylation sites (tertiary alicyclic amines) is 1. The van der Waals surface area contributed by atoms with Crippen molar-refractivity contribution in [1.29, 1.82) is 0 Å². The van der Waals surface area contributed by atoms with E-state index < -0.39 is 0 Å². The lowest BCUT2D eigenvalue weighted by Gasteiger charge is -2.37. The molecule has 0 atom stereocenters. The molecule has 2 aliphatic heterocycles. The minimum absolute atomic E-state index is 0. The predicted octanol–water partition coefficient (Wildman–Crippen LogP) is 2.86. The smallest absolute Gasteiger partial charge is 0.236 e. The Balaban J connectivity index is 0.00000320. The molecular weight excluding hydrogens is 511 g/mol. The number of carbonyl (C=O) groups is 1. The normalized spacial score (nSPS) is 18.7. The Bertz CT molecular complexity index is 674. The molecule has 1 aromatic heterocycles. The summed E-state index contributed by atoms with van der Waals surface area (Å²) in [5, 5.41) is 4.48. The zero-order chi connectivity index (χ0) is 20.6. The lowest BCUT2D eigenvalue weighted by molar-refractivity contribution is -0.132. The number of aryl methyl sites for hydroxylation is 2. The van der Waals surface area contributed by atoms with Gasteiger partial charge in [0.05, 0.1) is 18.8 Å². The molecule has 3 heterocycles. The van der Waals surface area contributed by atoms with Crippen molar-refractivity contribution >= 4 is 47.2 Å². The topological polar surface area (TPSA) is 64.1 Å². The monoisotopic (exact) mass is 548 g/mol. The highest BCUT2D eigenvalue weighted by Gasteiger charge is 2.23. The van der Waals surface area contributed by atoms with Crippen LogP contribution in [-0.4, -0.2) is 83.9 Å². The maximum Gasteiger partial charge on any atom is 0.236 e. The third-order valence-electron chi connectivity index (χ3n) is 5.76. The summed E-state index contributed by atoms with van der Waals surface area (Å²) >= 11 is 1.73. The molecule has 170 valence electrons. The molecule has 2 aliphatic rings. The molecule has 0 bridgehead atoms. The Hall–Kier alpha value is -0.940. The van der Waals surface area contributed by atoms with E-state index in [0.29, 0.717) is 19.0 Å². The summed E-state index contributed by atoms with van der Waals surface area (Å²) < 4.78 is 0. The second kappa shape index (κ2) is 12.8. The van der Waals surface area contributed by atoms with Gasteiger partial charge in [-0.05, 0) is 33.6 Å². The number of carbonyl (C=O) groups excluding carboxylic acids is 1. The molecule has 2 fully saturated rings.